The first-order valence-corrected chi connectivity index (χ1v) is 6.33. The summed E-state index contributed by atoms with van der Waals surface area (Å²) in [5.41, 5.74) is 2.57. The molecule has 0 atom stereocenters. The molecule has 2 aromatic carbocycles. The lowest BCUT2D eigenvalue weighted by Gasteiger charge is -2.02. The van der Waals surface area contributed by atoms with Crippen molar-refractivity contribution < 1.29 is 5.21 Å². The average molecular weight is 254 g/mol. The fourth-order valence-corrected chi connectivity index (χ4v) is 2.68. The van der Waals surface area contributed by atoms with E-state index in [-0.39, 0.29) is 0 Å². The molecule has 4 heteroatoms. The molecule has 1 N–H and O–H groups in total. The lowest BCUT2D eigenvalue weighted by atomic mass is 10.2. The third-order valence-electron chi connectivity index (χ3n) is 2.64. The zero-order chi connectivity index (χ0) is 12.4. The van der Waals surface area contributed by atoms with Gasteiger partial charge >= 0.3 is 0 Å². The molecule has 1 heterocycles. The first-order chi connectivity index (χ1) is 8.88. The molecule has 0 fully saturated rings. The van der Waals surface area contributed by atoms with Gasteiger partial charge in [0.05, 0.1) is 10.2 Å². The molecular formula is C14H10N2OS. The van der Waals surface area contributed by atoms with Crippen molar-refractivity contribution >= 4 is 21.6 Å². The number of rotatable bonds is 1. The molecule has 0 spiro atoms. The van der Waals surface area contributed by atoms with E-state index in [1.807, 2.05) is 54.6 Å². The monoisotopic (exact) mass is 254 g/mol. The minimum absolute atomic E-state index is 0.528. The van der Waals surface area contributed by atoms with Crippen molar-refractivity contribution in [1.82, 2.24) is 4.98 Å². The largest absolute Gasteiger partial charge is 0.410 e. The maximum atomic E-state index is 9.13. The van der Waals surface area contributed by atoms with Gasteiger partial charge in [0, 0.05) is 5.56 Å². The first kappa shape index (κ1) is 10.9. The third kappa shape index (κ3) is 1.87. The minimum atomic E-state index is 0.528. The Morgan fingerprint density at radius 3 is 2.44 bits per heavy atom. The van der Waals surface area contributed by atoms with Gasteiger partial charge in [-0.05, 0) is 12.1 Å². The SMILES string of the molecule is O/N=c1\sc2ccccc2nc1-c1ccccc1. The molecule has 0 saturated carbocycles. The predicted octanol–water partition coefficient (Wildman–Crippen LogP) is 3.25. The van der Waals surface area contributed by atoms with Crippen LogP contribution in [0, 0.1) is 0 Å². The van der Waals surface area contributed by atoms with Crippen LogP contribution in [0.5, 0.6) is 0 Å². The molecule has 18 heavy (non-hydrogen) atoms. The molecule has 3 rings (SSSR count). The van der Waals surface area contributed by atoms with Crippen LogP contribution >= 0.6 is 11.3 Å². The highest BCUT2D eigenvalue weighted by Crippen LogP contribution is 2.19. The molecule has 3 nitrogen and oxygen atoms in total. The summed E-state index contributed by atoms with van der Waals surface area (Å²) in [6.45, 7) is 0. The molecule has 88 valence electrons. The van der Waals surface area contributed by atoms with E-state index in [2.05, 4.69) is 10.1 Å². The first-order valence-electron chi connectivity index (χ1n) is 5.52. The molecule has 0 radical (unpaired) electrons. The van der Waals surface area contributed by atoms with Gasteiger partial charge in [-0.2, -0.15) is 0 Å². The number of nitrogens with zero attached hydrogens (tertiary/aromatic N) is 2. The Morgan fingerprint density at radius 2 is 1.67 bits per heavy atom. The number of benzene rings is 2. The molecule has 3 aromatic rings. The van der Waals surface area contributed by atoms with Crippen LogP contribution in [0.4, 0.5) is 0 Å². The van der Waals surface area contributed by atoms with Gasteiger partial charge in [-0.15, -0.1) is 11.3 Å². The summed E-state index contributed by atoms with van der Waals surface area (Å²) >= 11 is 1.43. The van der Waals surface area contributed by atoms with Crippen LogP contribution in [0.1, 0.15) is 0 Å². The number of hydrogen-bond donors (Lipinski definition) is 1. The Hall–Kier alpha value is -2.20. The van der Waals surface area contributed by atoms with Crippen molar-refractivity contribution in [2.24, 2.45) is 5.16 Å². The van der Waals surface area contributed by atoms with Gasteiger partial charge in [-0.3, -0.25) is 0 Å². The zero-order valence-corrected chi connectivity index (χ0v) is 10.3. The molecule has 1 aromatic heterocycles. The second-order valence-corrected chi connectivity index (χ2v) is 4.83. The Bertz CT molecular complexity index is 750. The van der Waals surface area contributed by atoms with Gasteiger partial charge in [0.25, 0.3) is 0 Å². The van der Waals surface area contributed by atoms with E-state index in [1.54, 1.807) is 0 Å². The fourth-order valence-electron chi connectivity index (χ4n) is 1.81. The smallest absolute Gasteiger partial charge is 0.182 e. The molecule has 0 saturated heterocycles. The van der Waals surface area contributed by atoms with Crippen LogP contribution in [0.15, 0.2) is 59.8 Å². The summed E-state index contributed by atoms with van der Waals surface area (Å²) in [6.07, 6.45) is 0. The van der Waals surface area contributed by atoms with E-state index >= 15 is 0 Å². The summed E-state index contributed by atoms with van der Waals surface area (Å²) in [5.74, 6) is 0. The molecule has 0 amide bonds. The maximum absolute atomic E-state index is 9.13. The van der Waals surface area contributed by atoms with E-state index in [4.69, 9.17) is 5.21 Å². The number of hydrogen-bond acceptors (Lipinski definition) is 4. The number of fused-ring (bicyclic) bond motifs is 1. The second-order valence-electron chi connectivity index (χ2n) is 3.80. The van der Waals surface area contributed by atoms with Gasteiger partial charge in [0.2, 0.25) is 0 Å². The number of aromatic nitrogens is 1. The van der Waals surface area contributed by atoms with Crippen LogP contribution in [-0.4, -0.2) is 10.2 Å². The Labute approximate surface area is 108 Å². The molecular weight excluding hydrogens is 244 g/mol. The lowest BCUT2D eigenvalue weighted by Crippen LogP contribution is -2.04. The predicted molar refractivity (Wildman–Crippen MR) is 72.4 cm³/mol. The summed E-state index contributed by atoms with van der Waals surface area (Å²) in [5, 5.41) is 12.5. The summed E-state index contributed by atoms with van der Waals surface area (Å²) in [7, 11) is 0. The van der Waals surface area contributed by atoms with Crippen molar-refractivity contribution in [3.05, 3.63) is 59.3 Å². The highest BCUT2D eigenvalue weighted by Gasteiger charge is 2.06. The molecule has 0 bridgehead atoms. The Balaban J connectivity index is 2.35. The highest BCUT2D eigenvalue weighted by atomic mass is 32.1. The highest BCUT2D eigenvalue weighted by molar-refractivity contribution is 7.16. The zero-order valence-electron chi connectivity index (χ0n) is 9.45. The van der Waals surface area contributed by atoms with Crippen molar-refractivity contribution in [1.29, 1.82) is 0 Å². The normalized spacial score (nSPS) is 11.9. The average Bonchev–Trinajstić information content (AvgIpc) is 2.46. The maximum Gasteiger partial charge on any atom is 0.182 e. The molecule has 0 unspecified atom stereocenters. The summed E-state index contributed by atoms with van der Waals surface area (Å²) in [4.78, 5) is 4.57. The van der Waals surface area contributed by atoms with E-state index in [1.165, 1.54) is 11.3 Å². The van der Waals surface area contributed by atoms with Crippen molar-refractivity contribution in [2.45, 2.75) is 0 Å². The van der Waals surface area contributed by atoms with Crippen LogP contribution in [0.2, 0.25) is 0 Å². The topological polar surface area (TPSA) is 45.5 Å². The minimum Gasteiger partial charge on any atom is -0.410 e. The van der Waals surface area contributed by atoms with Crippen LogP contribution in [-0.2, 0) is 0 Å². The van der Waals surface area contributed by atoms with Crippen LogP contribution < -0.4 is 4.67 Å². The standard InChI is InChI=1S/C14H10N2OS/c17-16-14-13(10-6-2-1-3-7-10)15-11-8-4-5-9-12(11)18-14/h1-9,17H/b16-14-. The quantitative estimate of drug-likeness (QED) is 0.535. The van der Waals surface area contributed by atoms with Crippen molar-refractivity contribution in [3.63, 3.8) is 0 Å². The summed E-state index contributed by atoms with van der Waals surface area (Å²) < 4.78 is 1.53. The van der Waals surface area contributed by atoms with Gasteiger partial charge < -0.3 is 5.21 Å². The van der Waals surface area contributed by atoms with Crippen LogP contribution in [0.3, 0.4) is 0 Å². The summed E-state index contributed by atoms with van der Waals surface area (Å²) in [6, 6.07) is 17.6. The van der Waals surface area contributed by atoms with Gasteiger partial charge in [0.1, 0.15) is 5.69 Å². The fraction of sp³-hybridized carbons (Fsp3) is 0. The number of para-hydroxylation sites is 1. The van der Waals surface area contributed by atoms with E-state index in [9.17, 15) is 0 Å². The van der Waals surface area contributed by atoms with Crippen molar-refractivity contribution in [3.8, 4) is 11.3 Å². The van der Waals surface area contributed by atoms with E-state index in [0.29, 0.717) is 10.4 Å². The molecule has 0 aliphatic rings. The van der Waals surface area contributed by atoms with E-state index < -0.39 is 0 Å². The van der Waals surface area contributed by atoms with Crippen molar-refractivity contribution in [2.75, 3.05) is 0 Å². The van der Waals surface area contributed by atoms with Gasteiger partial charge in [-0.1, -0.05) is 47.6 Å². The van der Waals surface area contributed by atoms with Crippen LogP contribution in [0.25, 0.3) is 21.5 Å². The van der Waals surface area contributed by atoms with E-state index in [0.717, 1.165) is 15.8 Å². The second kappa shape index (κ2) is 4.58. The Morgan fingerprint density at radius 1 is 0.944 bits per heavy atom. The molecule has 0 aliphatic heterocycles. The third-order valence-corrected chi connectivity index (χ3v) is 3.68. The van der Waals surface area contributed by atoms with Gasteiger partial charge in [0.15, 0.2) is 4.67 Å². The van der Waals surface area contributed by atoms with Gasteiger partial charge in [-0.25, -0.2) is 4.98 Å². The Kier molecular flexibility index (Phi) is 2.78. The lowest BCUT2D eigenvalue weighted by molar-refractivity contribution is 0.304. The molecule has 0 aliphatic carbocycles.